The first kappa shape index (κ1) is 16.3. The lowest BCUT2D eigenvalue weighted by molar-refractivity contribution is -0.141. The van der Waals surface area contributed by atoms with Gasteiger partial charge in [-0.2, -0.15) is 0 Å². The monoisotopic (exact) mass is 267 g/mol. The zero-order valence-electron chi connectivity index (χ0n) is 9.63. The van der Waals surface area contributed by atoms with E-state index in [4.69, 9.17) is 9.79 Å². The Bertz CT molecular complexity index is 313. The van der Waals surface area contributed by atoms with Gasteiger partial charge in [-0.15, -0.1) is 0 Å². The Morgan fingerprint density at radius 2 is 2.12 bits per heavy atom. The molecule has 0 aliphatic rings. The van der Waals surface area contributed by atoms with E-state index in [2.05, 4.69) is 16.6 Å². The van der Waals surface area contributed by atoms with Crippen LogP contribution in [0.2, 0.25) is 0 Å². The van der Waals surface area contributed by atoms with Crippen LogP contribution in [0.1, 0.15) is 6.92 Å². The fraction of sp³-hybridized carbons (Fsp3) is 0.667. The minimum absolute atomic E-state index is 0.0791. The quantitative estimate of drug-likeness (QED) is 0.197. The van der Waals surface area contributed by atoms with Gasteiger partial charge in [-0.1, -0.05) is 6.58 Å². The van der Waals surface area contributed by atoms with Gasteiger partial charge in [0.2, 0.25) is 0 Å². The second-order valence-electron chi connectivity index (χ2n) is 3.63. The van der Waals surface area contributed by atoms with Crippen LogP contribution in [0.4, 0.5) is 0 Å². The SMILES string of the molecule is C=C(C)C(=O)OCC(O)CNCCP(=O)(O)O. The molecule has 0 radical (unpaired) electrons. The standard InChI is InChI=1S/C9H18NO6P/c1-7(2)9(12)16-6-8(11)5-10-3-4-17(13,14)15/h8,10-11H,1,3-6H2,2H3,(H2,13,14,15). The molecule has 1 atom stereocenters. The number of aliphatic hydroxyl groups is 1. The zero-order chi connectivity index (χ0) is 13.5. The van der Waals surface area contributed by atoms with E-state index in [1.165, 1.54) is 6.92 Å². The number of hydrogen-bond acceptors (Lipinski definition) is 5. The maximum atomic E-state index is 11.0. The van der Waals surface area contributed by atoms with E-state index in [1.807, 2.05) is 0 Å². The largest absolute Gasteiger partial charge is 0.460 e. The molecule has 0 amide bonds. The maximum absolute atomic E-state index is 11.0. The van der Waals surface area contributed by atoms with Crippen LogP contribution in [0.3, 0.4) is 0 Å². The maximum Gasteiger partial charge on any atom is 0.333 e. The van der Waals surface area contributed by atoms with Gasteiger partial charge < -0.3 is 24.9 Å². The van der Waals surface area contributed by atoms with Gasteiger partial charge in [0.15, 0.2) is 0 Å². The van der Waals surface area contributed by atoms with Crippen LogP contribution in [0.5, 0.6) is 0 Å². The van der Waals surface area contributed by atoms with Gasteiger partial charge in [-0.25, -0.2) is 4.79 Å². The van der Waals surface area contributed by atoms with E-state index >= 15 is 0 Å². The van der Waals surface area contributed by atoms with Crippen molar-refractivity contribution in [1.82, 2.24) is 5.32 Å². The highest BCUT2D eigenvalue weighted by Crippen LogP contribution is 2.32. The highest BCUT2D eigenvalue weighted by Gasteiger charge is 2.13. The van der Waals surface area contributed by atoms with Crippen molar-refractivity contribution in [3.05, 3.63) is 12.2 Å². The number of ether oxygens (including phenoxy) is 1. The summed E-state index contributed by atoms with van der Waals surface area (Å²) in [5.74, 6) is -0.584. The lowest BCUT2D eigenvalue weighted by Gasteiger charge is -2.12. The van der Waals surface area contributed by atoms with Crippen LogP contribution in [-0.4, -0.2) is 52.8 Å². The highest BCUT2D eigenvalue weighted by atomic mass is 31.2. The second-order valence-corrected chi connectivity index (χ2v) is 5.40. The Balaban J connectivity index is 3.60. The molecule has 7 nitrogen and oxygen atoms in total. The fourth-order valence-electron chi connectivity index (χ4n) is 0.847. The van der Waals surface area contributed by atoms with Crippen molar-refractivity contribution >= 4 is 13.6 Å². The van der Waals surface area contributed by atoms with Gasteiger partial charge in [-0.05, 0) is 6.92 Å². The second kappa shape index (κ2) is 7.58. The van der Waals surface area contributed by atoms with Gasteiger partial charge >= 0.3 is 13.6 Å². The predicted octanol–water partition coefficient (Wildman–Crippen LogP) is -0.766. The van der Waals surface area contributed by atoms with Gasteiger partial charge in [0.1, 0.15) is 12.7 Å². The molecule has 0 saturated heterocycles. The third kappa shape index (κ3) is 10.2. The Hall–Kier alpha value is -0.720. The third-order valence-corrected chi connectivity index (χ3v) is 2.52. The van der Waals surface area contributed by atoms with Crippen molar-refractivity contribution < 1.29 is 29.0 Å². The first-order valence-electron chi connectivity index (χ1n) is 4.98. The number of hydrogen-bond donors (Lipinski definition) is 4. The molecule has 17 heavy (non-hydrogen) atoms. The molecule has 0 aromatic heterocycles. The molecule has 0 saturated carbocycles. The summed E-state index contributed by atoms with van der Waals surface area (Å²) in [6, 6.07) is 0. The fourth-order valence-corrected chi connectivity index (χ4v) is 1.30. The molecule has 0 fully saturated rings. The Labute approximate surface area is 99.6 Å². The molecule has 0 aliphatic heterocycles. The average Bonchev–Trinajstić information content (AvgIpc) is 2.19. The summed E-state index contributed by atoms with van der Waals surface area (Å²) in [5, 5.41) is 12.0. The molecular weight excluding hydrogens is 249 g/mol. The number of carbonyl (C=O) groups excluding carboxylic acids is 1. The predicted molar refractivity (Wildman–Crippen MR) is 61.6 cm³/mol. The average molecular weight is 267 g/mol. The van der Waals surface area contributed by atoms with Crippen molar-refractivity contribution in [1.29, 1.82) is 0 Å². The smallest absolute Gasteiger partial charge is 0.333 e. The molecule has 100 valence electrons. The van der Waals surface area contributed by atoms with Crippen LogP contribution in [0.25, 0.3) is 0 Å². The number of esters is 1. The van der Waals surface area contributed by atoms with E-state index in [9.17, 15) is 14.5 Å². The van der Waals surface area contributed by atoms with Crippen molar-refractivity contribution in [3.8, 4) is 0 Å². The minimum Gasteiger partial charge on any atom is -0.460 e. The lowest BCUT2D eigenvalue weighted by atomic mass is 10.3. The van der Waals surface area contributed by atoms with E-state index in [0.29, 0.717) is 0 Å². The molecule has 0 rings (SSSR count). The zero-order valence-corrected chi connectivity index (χ0v) is 10.5. The number of rotatable bonds is 8. The van der Waals surface area contributed by atoms with E-state index < -0.39 is 19.7 Å². The molecule has 0 heterocycles. The molecule has 0 aromatic carbocycles. The molecular formula is C9H18NO6P. The Morgan fingerprint density at radius 3 is 2.59 bits per heavy atom. The first-order valence-corrected chi connectivity index (χ1v) is 6.78. The van der Waals surface area contributed by atoms with Crippen LogP contribution in [-0.2, 0) is 14.1 Å². The van der Waals surface area contributed by atoms with Gasteiger partial charge in [0.05, 0.1) is 6.16 Å². The Kier molecular flexibility index (Phi) is 7.26. The molecule has 0 spiro atoms. The summed E-state index contributed by atoms with van der Waals surface area (Å²) in [6.07, 6.45) is -1.22. The summed E-state index contributed by atoms with van der Waals surface area (Å²) < 4.78 is 15.2. The van der Waals surface area contributed by atoms with Crippen LogP contribution in [0.15, 0.2) is 12.2 Å². The van der Waals surface area contributed by atoms with Crippen LogP contribution < -0.4 is 5.32 Å². The number of carbonyl (C=O) groups is 1. The highest BCUT2D eigenvalue weighted by molar-refractivity contribution is 7.51. The lowest BCUT2D eigenvalue weighted by Crippen LogP contribution is -2.32. The number of aliphatic hydroxyl groups excluding tert-OH is 1. The normalized spacial score (nSPS) is 13.2. The topological polar surface area (TPSA) is 116 Å². The number of nitrogens with one attached hydrogen (secondary N) is 1. The molecule has 0 aromatic rings. The summed E-state index contributed by atoms with van der Waals surface area (Å²) in [7, 11) is -4.01. The van der Waals surface area contributed by atoms with E-state index in [0.717, 1.165) is 0 Å². The van der Waals surface area contributed by atoms with Crippen LogP contribution in [0, 0.1) is 0 Å². The summed E-state index contributed by atoms with van der Waals surface area (Å²) in [5.41, 5.74) is 0.242. The molecule has 4 N–H and O–H groups in total. The van der Waals surface area contributed by atoms with Crippen molar-refractivity contribution in [2.45, 2.75) is 13.0 Å². The summed E-state index contributed by atoms with van der Waals surface area (Å²) >= 11 is 0. The molecule has 8 heteroatoms. The third-order valence-electron chi connectivity index (χ3n) is 1.72. The molecule has 0 aliphatic carbocycles. The van der Waals surface area contributed by atoms with Crippen molar-refractivity contribution in [2.75, 3.05) is 25.9 Å². The van der Waals surface area contributed by atoms with Crippen molar-refractivity contribution in [2.24, 2.45) is 0 Å². The van der Waals surface area contributed by atoms with Gasteiger partial charge in [0.25, 0.3) is 0 Å². The van der Waals surface area contributed by atoms with E-state index in [1.54, 1.807) is 0 Å². The summed E-state index contributed by atoms with van der Waals surface area (Å²) in [4.78, 5) is 28.1. The summed E-state index contributed by atoms with van der Waals surface area (Å²) in [6.45, 7) is 4.85. The Morgan fingerprint density at radius 1 is 1.53 bits per heavy atom. The van der Waals surface area contributed by atoms with E-state index in [-0.39, 0.29) is 31.4 Å². The van der Waals surface area contributed by atoms with Crippen molar-refractivity contribution in [3.63, 3.8) is 0 Å². The van der Waals surface area contributed by atoms with Crippen LogP contribution >= 0.6 is 7.60 Å². The van der Waals surface area contributed by atoms with Gasteiger partial charge in [-0.3, -0.25) is 4.57 Å². The van der Waals surface area contributed by atoms with Gasteiger partial charge in [0, 0.05) is 18.7 Å². The first-order chi connectivity index (χ1) is 7.72. The molecule has 0 bridgehead atoms. The minimum atomic E-state index is -4.01. The molecule has 1 unspecified atom stereocenters.